The van der Waals surface area contributed by atoms with Crippen LogP contribution in [0.3, 0.4) is 0 Å². The molecule has 0 N–H and O–H groups in total. The van der Waals surface area contributed by atoms with Gasteiger partial charge in [0.05, 0.1) is 7.11 Å². The van der Waals surface area contributed by atoms with Crippen molar-refractivity contribution >= 4 is 21.8 Å². The fourth-order valence-electron chi connectivity index (χ4n) is 0.996. The number of hydroxylamine groups is 2. The van der Waals surface area contributed by atoms with E-state index in [9.17, 15) is 4.79 Å². The summed E-state index contributed by atoms with van der Waals surface area (Å²) >= 11 is 3.28. The number of rotatable bonds is 2. The number of hydrogen-bond donors (Lipinski definition) is 0. The molecule has 0 unspecified atom stereocenters. The van der Waals surface area contributed by atoms with Crippen molar-refractivity contribution in [2.75, 3.05) is 14.2 Å². The average Bonchev–Trinajstić information content (AvgIpc) is 2.15. The average molecular weight is 259 g/mol. The van der Waals surface area contributed by atoms with Crippen molar-refractivity contribution in [1.82, 2.24) is 10.0 Å². The van der Waals surface area contributed by atoms with Crippen LogP contribution in [0.25, 0.3) is 0 Å². The third kappa shape index (κ3) is 2.30. The van der Waals surface area contributed by atoms with Gasteiger partial charge in [0.2, 0.25) is 0 Å². The van der Waals surface area contributed by atoms with E-state index in [0.717, 1.165) is 15.1 Å². The highest BCUT2D eigenvalue weighted by Crippen LogP contribution is 2.14. The molecule has 1 aromatic rings. The van der Waals surface area contributed by atoms with E-state index in [-0.39, 0.29) is 5.91 Å². The second kappa shape index (κ2) is 4.52. The van der Waals surface area contributed by atoms with E-state index < -0.39 is 0 Å². The molecule has 0 spiro atoms. The number of carbonyl (C=O) groups excluding carboxylic acids is 1. The Kier molecular flexibility index (Phi) is 3.60. The highest BCUT2D eigenvalue weighted by atomic mass is 79.9. The van der Waals surface area contributed by atoms with Gasteiger partial charge in [0, 0.05) is 17.7 Å². The Labute approximate surface area is 91.0 Å². The lowest BCUT2D eigenvalue weighted by molar-refractivity contribution is -0.0761. The number of halogens is 1. The fraction of sp³-hybridized carbons (Fsp3) is 0.333. The lowest BCUT2D eigenvalue weighted by Gasteiger charge is -2.14. The molecule has 1 amide bonds. The van der Waals surface area contributed by atoms with Crippen LogP contribution in [0.5, 0.6) is 0 Å². The van der Waals surface area contributed by atoms with Gasteiger partial charge in [-0.15, -0.1) is 0 Å². The summed E-state index contributed by atoms with van der Waals surface area (Å²) in [5.41, 5.74) is 1.21. The van der Waals surface area contributed by atoms with Crippen molar-refractivity contribution in [1.29, 1.82) is 0 Å². The summed E-state index contributed by atoms with van der Waals surface area (Å²) in [7, 11) is 2.98. The summed E-state index contributed by atoms with van der Waals surface area (Å²) in [6.07, 6.45) is 1.59. The van der Waals surface area contributed by atoms with Gasteiger partial charge >= 0.3 is 0 Å². The smallest absolute Gasteiger partial charge is 0.274 e. The molecule has 1 aromatic heterocycles. The summed E-state index contributed by atoms with van der Waals surface area (Å²) in [6, 6.07) is 1.84. The normalized spacial score (nSPS) is 10.0. The van der Waals surface area contributed by atoms with Crippen LogP contribution in [0.2, 0.25) is 0 Å². The zero-order chi connectivity index (χ0) is 10.7. The lowest BCUT2D eigenvalue weighted by atomic mass is 10.2. The van der Waals surface area contributed by atoms with E-state index in [2.05, 4.69) is 20.9 Å². The number of pyridine rings is 1. The van der Waals surface area contributed by atoms with Gasteiger partial charge in [-0.3, -0.25) is 9.63 Å². The molecule has 0 fully saturated rings. The highest BCUT2D eigenvalue weighted by Gasteiger charge is 2.15. The van der Waals surface area contributed by atoms with E-state index in [1.165, 1.54) is 7.11 Å². The van der Waals surface area contributed by atoms with Crippen LogP contribution < -0.4 is 0 Å². The minimum atomic E-state index is -0.252. The van der Waals surface area contributed by atoms with E-state index in [1.807, 2.05) is 13.0 Å². The molecule has 0 saturated carbocycles. The lowest BCUT2D eigenvalue weighted by Crippen LogP contribution is -2.26. The molecule has 0 aliphatic heterocycles. The topological polar surface area (TPSA) is 42.4 Å². The summed E-state index contributed by atoms with van der Waals surface area (Å²) < 4.78 is 0.853. The Balaban J connectivity index is 3.02. The molecular weight excluding hydrogens is 248 g/mol. The Bertz CT molecular complexity index is 355. The molecule has 0 atom stereocenters. The van der Waals surface area contributed by atoms with Gasteiger partial charge in [-0.25, -0.2) is 10.0 Å². The molecule has 0 aromatic carbocycles. The van der Waals surface area contributed by atoms with Crippen LogP contribution in [-0.2, 0) is 4.84 Å². The van der Waals surface area contributed by atoms with Crippen molar-refractivity contribution in [3.8, 4) is 0 Å². The third-order valence-corrected chi connectivity index (χ3v) is 2.24. The molecule has 1 rings (SSSR count). The first-order chi connectivity index (χ1) is 6.56. The Morgan fingerprint density at radius 1 is 1.64 bits per heavy atom. The van der Waals surface area contributed by atoms with Gasteiger partial charge < -0.3 is 0 Å². The molecule has 1 heterocycles. The Morgan fingerprint density at radius 3 is 2.79 bits per heavy atom. The van der Waals surface area contributed by atoms with Gasteiger partial charge in [-0.2, -0.15) is 0 Å². The highest BCUT2D eigenvalue weighted by molar-refractivity contribution is 9.10. The fourth-order valence-corrected chi connectivity index (χ4v) is 1.44. The molecule has 0 aliphatic rings. The first-order valence-corrected chi connectivity index (χ1v) is 4.80. The molecule has 0 radical (unpaired) electrons. The monoisotopic (exact) mass is 258 g/mol. The molecule has 0 saturated heterocycles. The van der Waals surface area contributed by atoms with Crippen molar-refractivity contribution < 1.29 is 9.63 Å². The van der Waals surface area contributed by atoms with E-state index in [4.69, 9.17) is 4.84 Å². The van der Waals surface area contributed by atoms with Crippen LogP contribution in [0.15, 0.2) is 16.7 Å². The zero-order valence-corrected chi connectivity index (χ0v) is 9.83. The molecule has 0 bridgehead atoms. The molecule has 14 heavy (non-hydrogen) atoms. The maximum atomic E-state index is 11.6. The third-order valence-electron chi connectivity index (χ3n) is 1.81. The van der Waals surface area contributed by atoms with Crippen molar-refractivity contribution in [2.24, 2.45) is 0 Å². The number of nitrogens with zero attached hydrogens (tertiary/aromatic N) is 2. The molecule has 76 valence electrons. The summed E-state index contributed by atoms with van der Waals surface area (Å²) in [5.74, 6) is -0.252. The van der Waals surface area contributed by atoms with Gasteiger partial charge in [0.15, 0.2) is 0 Å². The van der Waals surface area contributed by atoms with Crippen LogP contribution in [0.4, 0.5) is 0 Å². The maximum absolute atomic E-state index is 11.6. The number of carbonyl (C=O) groups is 1. The van der Waals surface area contributed by atoms with Gasteiger partial charge in [0.1, 0.15) is 5.69 Å². The minimum absolute atomic E-state index is 0.252. The number of aryl methyl sites for hydroxylation is 1. The van der Waals surface area contributed by atoms with Gasteiger partial charge in [0.25, 0.3) is 5.91 Å². The van der Waals surface area contributed by atoms with Gasteiger partial charge in [-0.1, -0.05) is 0 Å². The molecule has 5 heteroatoms. The largest absolute Gasteiger partial charge is 0.295 e. The Morgan fingerprint density at radius 2 is 2.29 bits per heavy atom. The van der Waals surface area contributed by atoms with E-state index in [1.54, 1.807) is 13.2 Å². The predicted octanol–water partition coefficient (Wildman–Crippen LogP) is 1.79. The minimum Gasteiger partial charge on any atom is -0.274 e. The Hall–Kier alpha value is -0.940. The quantitative estimate of drug-likeness (QED) is 0.760. The summed E-state index contributed by atoms with van der Waals surface area (Å²) in [5, 5.41) is 1.14. The van der Waals surface area contributed by atoms with Crippen LogP contribution in [0.1, 0.15) is 16.1 Å². The van der Waals surface area contributed by atoms with E-state index in [0.29, 0.717) is 5.69 Å². The molecule has 0 aliphatic carbocycles. The SMILES string of the molecule is CON(C)C(=O)c1ncc(Br)cc1C. The first kappa shape index (κ1) is 11.1. The van der Waals surface area contributed by atoms with Crippen molar-refractivity contribution in [3.05, 3.63) is 28.0 Å². The van der Waals surface area contributed by atoms with Crippen molar-refractivity contribution in [2.45, 2.75) is 6.92 Å². The summed E-state index contributed by atoms with van der Waals surface area (Å²) in [4.78, 5) is 20.4. The van der Waals surface area contributed by atoms with Crippen LogP contribution in [-0.4, -0.2) is 30.1 Å². The first-order valence-electron chi connectivity index (χ1n) is 4.00. The van der Waals surface area contributed by atoms with Crippen molar-refractivity contribution in [3.63, 3.8) is 0 Å². The number of aromatic nitrogens is 1. The second-order valence-electron chi connectivity index (χ2n) is 2.80. The number of hydrogen-bond acceptors (Lipinski definition) is 3. The standard InChI is InChI=1S/C9H11BrN2O2/c1-6-4-7(10)5-11-8(6)9(13)12(2)14-3/h4-5H,1-3H3. The maximum Gasteiger partial charge on any atom is 0.295 e. The summed E-state index contributed by atoms with van der Waals surface area (Å²) in [6.45, 7) is 1.83. The number of amides is 1. The molecular formula is C9H11BrN2O2. The van der Waals surface area contributed by atoms with Crippen LogP contribution in [0, 0.1) is 6.92 Å². The molecule has 4 nitrogen and oxygen atoms in total. The second-order valence-corrected chi connectivity index (χ2v) is 3.72. The zero-order valence-electron chi connectivity index (χ0n) is 8.24. The van der Waals surface area contributed by atoms with E-state index >= 15 is 0 Å². The van der Waals surface area contributed by atoms with Crippen LogP contribution >= 0.6 is 15.9 Å². The van der Waals surface area contributed by atoms with Gasteiger partial charge in [-0.05, 0) is 34.5 Å². The predicted molar refractivity (Wildman–Crippen MR) is 55.8 cm³/mol.